The molecule has 2 atom stereocenters. The average Bonchev–Trinajstić information content (AvgIpc) is 2.98. The highest BCUT2D eigenvalue weighted by Crippen LogP contribution is 2.22. The van der Waals surface area contributed by atoms with Crippen LogP contribution >= 0.6 is 0 Å². The minimum absolute atomic E-state index is 0.114. The van der Waals surface area contributed by atoms with Gasteiger partial charge in [0.2, 0.25) is 0 Å². The van der Waals surface area contributed by atoms with Gasteiger partial charge in [0.1, 0.15) is 11.5 Å². The standard InChI is InChI=1S/C16H25N3O2/c1-3-9-17-15-7-5-6-13(19-15)16(20)18-11-12-8-10-21-14(12)4-2/h5-7,12,14H,3-4,8-11H2,1-2H3,(H,17,19)(H,18,20). The Bertz CT molecular complexity index is 465. The lowest BCUT2D eigenvalue weighted by Gasteiger charge is -2.17. The van der Waals surface area contributed by atoms with Crippen LogP contribution in [0.5, 0.6) is 0 Å². The lowest BCUT2D eigenvalue weighted by molar-refractivity contribution is 0.0825. The van der Waals surface area contributed by atoms with Crippen LogP contribution in [0.3, 0.4) is 0 Å². The normalized spacial score (nSPS) is 21.2. The highest BCUT2D eigenvalue weighted by atomic mass is 16.5. The van der Waals surface area contributed by atoms with Gasteiger partial charge in [-0.2, -0.15) is 0 Å². The van der Waals surface area contributed by atoms with Crippen molar-refractivity contribution in [3.8, 4) is 0 Å². The molecule has 1 aliphatic rings. The molecule has 0 radical (unpaired) electrons. The Hall–Kier alpha value is -1.62. The van der Waals surface area contributed by atoms with Gasteiger partial charge in [-0.1, -0.05) is 19.9 Å². The number of amides is 1. The monoisotopic (exact) mass is 291 g/mol. The summed E-state index contributed by atoms with van der Waals surface area (Å²) in [5.41, 5.74) is 0.461. The maximum Gasteiger partial charge on any atom is 0.269 e. The smallest absolute Gasteiger partial charge is 0.269 e. The van der Waals surface area contributed by atoms with E-state index in [9.17, 15) is 4.79 Å². The number of hydrogen-bond donors (Lipinski definition) is 2. The summed E-state index contributed by atoms with van der Waals surface area (Å²) < 4.78 is 5.64. The predicted molar refractivity (Wildman–Crippen MR) is 83.5 cm³/mol. The Morgan fingerprint density at radius 2 is 2.29 bits per heavy atom. The van der Waals surface area contributed by atoms with Crippen LogP contribution in [0.1, 0.15) is 43.6 Å². The van der Waals surface area contributed by atoms with Gasteiger partial charge in [-0.05, 0) is 31.4 Å². The Balaban J connectivity index is 1.88. The second-order valence-electron chi connectivity index (χ2n) is 5.41. The van der Waals surface area contributed by atoms with E-state index in [2.05, 4.69) is 29.5 Å². The van der Waals surface area contributed by atoms with Crippen LogP contribution < -0.4 is 10.6 Å². The molecule has 0 bridgehead atoms. The van der Waals surface area contributed by atoms with E-state index >= 15 is 0 Å². The molecule has 1 aliphatic heterocycles. The summed E-state index contributed by atoms with van der Waals surface area (Å²) in [5, 5.41) is 6.17. The maximum absolute atomic E-state index is 12.2. The molecule has 0 aromatic carbocycles. The van der Waals surface area contributed by atoms with Crippen molar-refractivity contribution in [3.63, 3.8) is 0 Å². The second-order valence-corrected chi connectivity index (χ2v) is 5.41. The molecule has 1 amide bonds. The third-order valence-electron chi connectivity index (χ3n) is 3.81. The zero-order chi connectivity index (χ0) is 15.1. The largest absolute Gasteiger partial charge is 0.378 e. The molecular formula is C16H25N3O2. The molecule has 0 saturated carbocycles. The molecule has 5 nitrogen and oxygen atoms in total. The number of aromatic nitrogens is 1. The van der Waals surface area contributed by atoms with Crippen molar-refractivity contribution in [3.05, 3.63) is 23.9 Å². The molecule has 21 heavy (non-hydrogen) atoms. The Morgan fingerprint density at radius 3 is 3.05 bits per heavy atom. The number of nitrogens with zero attached hydrogens (tertiary/aromatic N) is 1. The molecule has 2 unspecified atom stereocenters. The lowest BCUT2D eigenvalue weighted by Crippen LogP contribution is -2.33. The zero-order valence-electron chi connectivity index (χ0n) is 12.9. The summed E-state index contributed by atoms with van der Waals surface area (Å²) in [6.07, 6.45) is 3.31. The van der Waals surface area contributed by atoms with Gasteiger partial charge in [0, 0.05) is 25.6 Å². The summed E-state index contributed by atoms with van der Waals surface area (Å²) in [6, 6.07) is 5.48. The molecule has 1 saturated heterocycles. The fraction of sp³-hybridized carbons (Fsp3) is 0.625. The third kappa shape index (κ3) is 4.43. The van der Waals surface area contributed by atoms with E-state index < -0.39 is 0 Å². The van der Waals surface area contributed by atoms with Gasteiger partial charge in [-0.3, -0.25) is 4.79 Å². The molecule has 0 aliphatic carbocycles. The fourth-order valence-electron chi connectivity index (χ4n) is 2.60. The summed E-state index contributed by atoms with van der Waals surface area (Å²) in [4.78, 5) is 16.5. The fourth-order valence-corrected chi connectivity index (χ4v) is 2.60. The number of nitrogens with one attached hydrogen (secondary N) is 2. The average molecular weight is 291 g/mol. The van der Waals surface area contributed by atoms with Crippen LogP contribution in [-0.4, -0.2) is 36.7 Å². The summed E-state index contributed by atoms with van der Waals surface area (Å²) in [7, 11) is 0. The third-order valence-corrected chi connectivity index (χ3v) is 3.81. The van der Waals surface area contributed by atoms with E-state index in [1.807, 2.05) is 12.1 Å². The van der Waals surface area contributed by atoms with Crippen molar-refractivity contribution < 1.29 is 9.53 Å². The lowest BCUT2D eigenvalue weighted by atomic mass is 10.00. The SMILES string of the molecule is CCCNc1cccc(C(=O)NCC2CCOC2CC)n1. The number of ether oxygens (including phenoxy) is 1. The van der Waals surface area contributed by atoms with Gasteiger partial charge >= 0.3 is 0 Å². The van der Waals surface area contributed by atoms with Crippen LogP contribution in [-0.2, 0) is 4.74 Å². The van der Waals surface area contributed by atoms with E-state index in [0.717, 1.165) is 38.2 Å². The summed E-state index contributed by atoms with van der Waals surface area (Å²) >= 11 is 0. The number of carbonyl (C=O) groups excluding carboxylic acids is 1. The van der Waals surface area contributed by atoms with Gasteiger partial charge in [0.05, 0.1) is 6.10 Å². The number of pyridine rings is 1. The summed E-state index contributed by atoms with van der Waals surface area (Å²) in [6.45, 7) is 6.53. The number of anilines is 1. The molecule has 1 fully saturated rings. The van der Waals surface area contributed by atoms with E-state index in [1.165, 1.54) is 0 Å². The first-order valence-electron chi connectivity index (χ1n) is 7.85. The van der Waals surface area contributed by atoms with E-state index in [4.69, 9.17) is 4.74 Å². The van der Waals surface area contributed by atoms with Crippen LogP contribution in [0.25, 0.3) is 0 Å². The number of rotatable bonds is 7. The predicted octanol–water partition coefficient (Wildman–Crippen LogP) is 2.45. The molecule has 0 spiro atoms. The van der Waals surface area contributed by atoms with Gasteiger partial charge in [-0.15, -0.1) is 0 Å². The van der Waals surface area contributed by atoms with E-state index in [1.54, 1.807) is 6.07 Å². The van der Waals surface area contributed by atoms with Crippen molar-refractivity contribution in [2.75, 3.05) is 25.0 Å². The van der Waals surface area contributed by atoms with Gasteiger partial charge in [-0.25, -0.2) is 4.98 Å². The van der Waals surface area contributed by atoms with E-state index in [0.29, 0.717) is 18.2 Å². The Kier molecular flexibility index (Phi) is 5.99. The molecule has 1 aromatic heterocycles. The van der Waals surface area contributed by atoms with Crippen molar-refractivity contribution >= 4 is 11.7 Å². The first-order chi connectivity index (χ1) is 10.2. The van der Waals surface area contributed by atoms with Crippen molar-refractivity contribution in [1.29, 1.82) is 0 Å². The highest BCUT2D eigenvalue weighted by Gasteiger charge is 2.27. The number of hydrogen-bond acceptors (Lipinski definition) is 4. The minimum atomic E-state index is -0.114. The van der Waals surface area contributed by atoms with E-state index in [-0.39, 0.29) is 12.0 Å². The summed E-state index contributed by atoms with van der Waals surface area (Å²) in [5.74, 6) is 1.05. The van der Waals surface area contributed by atoms with Gasteiger partial charge in [0.25, 0.3) is 5.91 Å². The first kappa shape index (κ1) is 15.8. The molecule has 1 aromatic rings. The maximum atomic E-state index is 12.2. The second kappa shape index (κ2) is 7.98. The quantitative estimate of drug-likeness (QED) is 0.810. The molecule has 2 N–H and O–H groups in total. The first-order valence-corrected chi connectivity index (χ1v) is 7.85. The van der Waals surface area contributed by atoms with Gasteiger partial charge in [0.15, 0.2) is 0 Å². The van der Waals surface area contributed by atoms with Crippen molar-refractivity contribution in [1.82, 2.24) is 10.3 Å². The van der Waals surface area contributed by atoms with Crippen LogP contribution in [0.15, 0.2) is 18.2 Å². The van der Waals surface area contributed by atoms with Crippen molar-refractivity contribution in [2.24, 2.45) is 5.92 Å². The molecular weight excluding hydrogens is 266 g/mol. The van der Waals surface area contributed by atoms with Crippen LogP contribution in [0.4, 0.5) is 5.82 Å². The highest BCUT2D eigenvalue weighted by molar-refractivity contribution is 5.92. The molecule has 5 heteroatoms. The zero-order valence-corrected chi connectivity index (χ0v) is 12.9. The molecule has 2 rings (SSSR count). The Labute approximate surface area is 126 Å². The molecule has 116 valence electrons. The molecule has 2 heterocycles. The minimum Gasteiger partial charge on any atom is -0.378 e. The van der Waals surface area contributed by atoms with Crippen molar-refractivity contribution in [2.45, 2.75) is 39.2 Å². The Morgan fingerprint density at radius 1 is 1.43 bits per heavy atom. The number of carbonyl (C=O) groups is 1. The topological polar surface area (TPSA) is 63.2 Å². The van der Waals surface area contributed by atoms with Crippen LogP contribution in [0, 0.1) is 5.92 Å². The van der Waals surface area contributed by atoms with Crippen LogP contribution in [0.2, 0.25) is 0 Å². The van der Waals surface area contributed by atoms with Gasteiger partial charge < -0.3 is 15.4 Å².